The highest BCUT2D eigenvalue weighted by Crippen LogP contribution is 2.25. The Balaban J connectivity index is 2.40. The highest BCUT2D eigenvalue weighted by atomic mass is 16.6. The number of amides is 1. The van der Waals surface area contributed by atoms with E-state index in [9.17, 15) is 9.90 Å². The van der Waals surface area contributed by atoms with Gasteiger partial charge in [-0.1, -0.05) is 25.1 Å². The van der Waals surface area contributed by atoms with E-state index in [1.54, 1.807) is 6.07 Å². The van der Waals surface area contributed by atoms with Crippen molar-refractivity contribution in [3.8, 4) is 5.75 Å². The summed E-state index contributed by atoms with van der Waals surface area (Å²) in [6, 6.07) is 7.49. The molecule has 1 aromatic carbocycles. The van der Waals surface area contributed by atoms with Gasteiger partial charge in [0, 0.05) is 17.6 Å². The number of carbonyl (C=O) groups is 1. The van der Waals surface area contributed by atoms with Crippen LogP contribution in [0.4, 0.5) is 4.79 Å². The lowest BCUT2D eigenvalue weighted by Crippen LogP contribution is -2.39. The van der Waals surface area contributed by atoms with Crippen LogP contribution in [-0.4, -0.2) is 29.4 Å². The molecule has 3 N–H and O–H groups in total. The van der Waals surface area contributed by atoms with E-state index in [0.717, 1.165) is 24.9 Å². The molecule has 0 radical (unpaired) electrons. The summed E-state index contributed by atoms with van der Waals surface area (Å²) >= 11 is 0. The minimum absolute atomic E-state index is 0.0132. The Labute approximate surface area is 139 Å². The van der Waals surface area contributed by atoms with Gasteiger partial charge >= 0.3 is 6.09 Å². The fourth-order valence-corrected chi connectivity index (χ4v) is 2.31. The van der Waals surface area contributed by atoms with Gasteiger partial charge < -0.3 is 20.5 Å². The molecule has 0 saturated carbocycles. The average molecular weight is 322 g/mol. The van der Waals surface area contributed by atoms with Gasteiger partial charge in [-0.25, -0.2) is 4.79 Å². The zero-order valence-corrected chi connectivity index (χ0v) is 14.8. The second-order valence-corrected chi connectivity index (χ2v) is 6.81. The van der Waals surface area contributed by atoms with Gasteiger partial charge in [-0.15, -0.1) is 0 Å². The number of hydrogen-bond acceptors (Lipinski definition) is 4. The number of phenolic OH excluding ortho intramolecular Hbond substituents is 1. The van der Waals surface area contributed by atoms with Crippen LogP contribution in [0.2, 0.25) is 0 Å². The van der Waals surface area contributed by atoms with E-state index < -0.39 is 11.7 Å². The molecule has 0 saturated heterocycles. The van der Waals surface area contributed by atoms with Gasteiger partial charge in [0.15, 0.2) is 0 Å². The summed E-state index contributed by atoms with van der Waals surface area (Å²) in [6.07, 6.45) is 1.27. The van der Waals surface area contributed by atoms with Crippen LogP contribution < -0.4 is 10.6 Å². The normalized spacial score (nSPS) is 14.1. The van der Waals surface area contributed by atoms with Gasteiger partial charge in [0.05, 0.1) is 0 Å². The predicted octanol–water partition coefficient (Wildman–Crippen LogP) is 3.74. The fourth-order valence-electron chi connectivity index (χ4n) is 2.31. The predicted molar refractivity (Wildman–Crippen MR) is 92.6 cm³/mol. The number of aromatic hydroxyl groups is 1. The summed E-state index contributed by atoms with van der Waals surface area (Å²) in [7, 11) is 0. The summed E-state index contributed by atoms with van der Waals surface area (Å²) in [5.41, 5.74) is 0.419. The Morgan fingerprint density at radius 1 is 1.30 bits per heavy atom. The molecule has 0 heterocycles. The van der Waals surface area contributed by atoms with Crippen molar-refractivity contribution >= 4 is 6.09 Å². The quantitative estimate of drug-likeness (QED) is 0.715. The Hall–Kier alpha value is -1.75. The number of alkyl carbamates (subject to hydrolysis) is 1. The molecule has 2 unspecified atom stereocenters. The SMILES string of the molecule is CCC(NCCC(C)NC(=O)OC(C)(C)C)c1ccccc1O. The van der Waals surface area contributed by atoms with Crippen molar-refractivity contribution in [3.05, 3.63) is 29.8 Å². The average Bonchev–Trinajstić information content (AvgIpc) is 2.42. The van der Waals surface area contributed by atoms with Crippen LogP contribution in [0.5, 0.6) is 5.75 Å². The summed E-state index contributed by atoms with van der Waals surface area (Å²) in [5, 5.41) is 16.2. The number of ether oxygens (including phenoxy) is 1. The van der Waals surface area contributed by atoms with Crippen molar-refractivity contribution < 1.29 is 14.6 Å². The van der Waals surface area contributed by atoms with Crippen LogP contribution >= 0.6 is 0 Å². The zero-order chi connectivity index (χ0) is 17.5. The second-order valence-electron chi connectivity index (χ2n) is 6.81. The van der Waals surface area contributed by atoms with Gasteiger partial charge in [-0.2, -0.15) is 0 Å². The third-order valence-corrected chi connectivity index (χ3v) is 3.45. The van der Waals surface area contributed by atoms with E-state index in [1.165, 1.54) is 0 Å². The molecule has 1 rings (SSSR count). The number of carbonyl (C=O) groups excluding carboxylic acids is 1. The summed E-state index contributed by atoms with van der Waals surface area (Å²) in [4.78, 5) is 11.7. The van der Waals surface area contributed by atoms with E-state index >= 15 is 0 Å². The first-order valence-electron chi connectivity index (χ1n) is 8.23. The number of para-hydroxylation sites is 1. The molecule has 0 aliphatic heterocycles. The molecular weight excluding hydrogens is 292 g/mol. The number of hydrogen-bond donors (Lipinski definition) is 3. The van der Waals surface area contributed by atoms with Crippen LogP contribution in [0.3, 0.4) is 0 Å². The maximum Gasteiger partial charge on any atom is 0.407 e. The minimum atomic E-state index is -0.486. The highest BCUT2D eigenvalue weighted by Gasteiger charge is 2.18. The summed E-state index contributed by atoms with van der Waals surface area (Å²) in [6.45, 7) is 10.3. The molecule has 0 aromatic heterocycles. The Kier molecular flexibility index (Phi) is 7.36. The van der Waals surface area contributed by atoms with Crippen molar-refractivity contribution in [2.45, 2.75) is 65.1 Å². The standard InChI is InChI=1S/C18H30N2O3/c1-6-15(14-9-7-8-10-16(14)21)19-12-11-13(2)20-17(22)23-18(3,4)5/h7-10,13,15,19,21H,6,11-12H2,1-5H3,(H,20,22). The summed E-state index contributed by atoms with van der Waals surface area (Å²) < 4.78 is 5.24. The van der Waals surface area contributed by atoms with Crippen molar-refractivity contribution in [1.29, 1.82) is 0 Å². The van der Waals surface area contributed by atoms with Gasteiger partial charge in [0.25, 0.3) is 0 Å². The van der Waals surface area contributed by atoms with Crippen LogP contribution in [-0.2, 0) is 4.74 Å². The van der Waals surface area contributed by atoms with E-state index in [-0.39, 0.29) is 12.1 Å². The first-order chi connectivity index (χ1) is 10.7. The third-order valence-electron chi connectivity index (χ3n) is 3.45. The first kappa shape index (κ1) is 19.3. The molecule has 23 heavy (non-hydrogen) atoms. The lowest BCUT2D eigenvalue weighted by Gasteiger charge is -2.23. The van der Waals surface area contributed by atoms with E-state index in [2.05, 4.69) is 17.6 Å². The molecule has 130 valence electrons. The third kappa shape index (κ3) is 7.37. The smallest absolute Gasteiger partial charge is 0.407 e. The van der Waals surface area contributed by atoms with Gasteiger partial charge in [0.1, 0.15) is 11.4 Å². The molecule has 1 aromatic rings. The number of benzene rings is 1. The lowest BCUT2D eigenvalue weighted by atomic mass is 10.0. The van der Waals surface area contributed by atoms with E-state index in [0.29, 0.717) is 5.75 Å². The topological polar surface area (TPSA) is 70.6 Å². The van der Waals surface area contributed by atoms with Gasteiger partial charge in [-0.05, 0) is 53.1 Å². The van der Waals surface area contributed by atoms with Crippen molar-refractivity contribution in [3.63, 3.8) is 0 Å². The van der Waals surface area contributed by atoms with Crippen LogP contribution in [0.15, 0.2) is 24.3 Å². The maximum atomic E-state index is 11.7. The van der Waals surface area contributed by atoms with Crippen LogP contribution in [0.1, 0.15) is 59.1 Å². The zero-order valence-electron chi connectivity index (χ0n) is 14.8. The maximum absolute atomic E-state index is 11.7. The fraction of sp³-hybridized carbons (Fsp3) is 0.611. The molecule has 1 amide bonds. The molecule has 5 heteroatoms. The second kappa shape index (κ2) is 8.77. The molecule has 2 atom stereocenters. The Morgan fingerprint density at radius 2 is 1.96 bits per heavy atom. The molecule has 0 bridgehead atoms. The molecule has 0 aliphatic rings. The monoisotopic (exact) mass is 322 g/mol. The first-order valence-corrected chi connectivity index (χ1v) is 8.23. The molecule has 0 fully saturated rings. The molecular formula is C18H30N2O3. The number of nitrogens with one attached hydrogen (secondary N) is 2. The minimum Gasteiger partial charge on any atom is -0.508 e. The lowest BCUT2D eigenvalue weighted by molar-refractivity contribution is 0.0506. The molecule has 5 nitrogen and oxygen atoms in total. The van der Waals surface area contributed by atoms with Crippen LogP contribution in [0, 0.1) is 0 Å². The molecule has 0 aliphatic carbocycles. The van der Waals surface area contributed by atoms with Gasteiger partial charge in [-0.3, -0.25) is 0 Å². The van der Waals surface area contributed by atoms with Crippen molar-refractivity contribution in [2.24, 2.45) is 0 Å². The van der Waals surface area contributed by atoms with Crippen molar-refractivity contribution in [2.75, 3.05) is 6.54 Å². The van der Waals surface area contributed by atoms with E-state index in [1.807, 2.05) is 45.9 Å². The van der Waals surface area contributed by atoms with Crippen LogP contribution in [0.25, 0.3) is 0 Å². The highest BCUT2D eigenvalue weighted by molar-refractivity contribution is 5.68. The Morgan fingerprint density at radius 3 is 2.52 bits per heavy atom. The van der Waals surface area contributed by atoms with Crippen molar-refractivity contribution in [1.82, 2.24) is 10.6 Å². The number of rotatable bonds is 7. The number of phenols is 1. The van der Waals surface area contributed by atoms with E-state index in [4.69, 9.17) is 4.74 Å². The Bertz CT molecular complexity index is 497. The largest absolute Gasteiger partial charge is 0.508 e. The summed E-state index contributed by atoms with van der Waals surface area (Å²) in [5.74, 6) is 0.312. The molecule has 0 spiro atoms. The van der Waals surface area contributed by atoms with Gasteiger partial charge in [0.2, 0.25) is 0 Å².